The van der Waals surface area contributed by atoms with Crippen molar-refractivity contribution in [2.75, 3.05) is 24.5 Å². The van der Waals surface area contributed by atoms with E-state index in [-0.39, 0.29) is 11.5 Å². The van der Waals surface area contributed by atoms with Crippen molar-refractivity contribution in [3.8, 4) is 0 Å². The van der Waals surface area contributed by atoms with Gasteiger partial charge in [0.05, 0.1) is 11.9 Å². The SMILES string of the molecule is CCn1ncc(N2CCCC(CC(=O)NCCc3ccccc3)C2)cc1=O. The Balaban J connectivity index is 1.48. The molecule has 1 saturated heterocycles. The molecule has 1 aliphatic heterocycles. The van der Waals surface area contributed by atoms with Crippen molar-refractivity contribution in [1.29, 1.82) is 0 Å². The van der Waals surface area contributed by atoms with Gasteiger partial charge in [-0.15, -0.1) is 0 Å². The lowest BCUT2D eigenvalue weighted by Crippen LogP contribution is -2.39. The number of benzene rings is 1. The monoisotopic (exact) mass is 368 g/mol. The Labute approximate surface area is 160 Å². The molecule has 0 radical (unpaired) electrons. The average Bonchev–Trinajstić information content (AvgIpc) is 2.69. The normalized spacial score (nSPS) is 16.9. The number of carbonyl (C=O) groups excluding carboxylic acids is 1. The largest absolute Gasteiger partial charge is 0.370 e. The molecule has 144 valence electrons. The number of aryl methyl sites for hydroxylation is 1. The van der Waals surface area contributed by atoms with E-state index in [1.807, 2.05) is 25.1 Å². The summed E-state index contributed by atoms with van der Waals surface area (Å²) in [7, 11) is 0. The Morgan fingerprint density at radius 3 is 2.85 bits per heavy atom. The van der Waals surface area contributed by atoms with Crippen molar-refractivity contribution in [2.45, 2.75) is 39.2 Å². The number of nitrogens with one attached hydrogen (secondary N) is 1. The summed E-state index contributed by atoms with van der Waals surface area (Å²) < 4.78 is 1.45. The molecule has 1 fully saturated rings. The lowest BCUT2D eigenvalue weighted by Gasteiger charge is -2.34. The Morgan fingerprint density at radius 1 is 1.30 bits per heavy atom. The predicted octanol–water partition coefficient (Wildman–Crippen LogP) is 2.23. The molecule has 0 bridgehead atoms. The number of amides is 1. The van der Waals surface area contributed by atoms with Crippen molar-refractivity contribution >= 4 is 11.6 Å². The number of hydrogen-bond acceptors (Lipinski definition) is 4. The van der Waals surface area contributed by atoms with Crippen LogP contribution in [-0.2, 0) is 17.8 Å². The first-order valence-electron chi connectivity index (χ1n) is 9.78. The lowest BCUT2D eigenvalue weighted by molar-refractivity contribution is -0.122. The standard InChI is InChI=1S/C21H28N4O2/c1-2-25-21(27)14-19(15-23-25)24-12-6-9-18(16-24)13-20(26)22-11-10-17-7-4-3-5-8-17/h3-5,7-8,14-15,18H,2,6,9-13,16H2,1H3,(H,22,26). The first kappa shape index (κ1) is 19.1. The first-order valence-corrected chi connectivity index (χ1v) is 9.78. The predicted molar refractivity (Wildman–Crippen MR) is 107 cm³/mol. The highest BCUT2D eigenvalue weighted by Gasteiger charge is 2.23. The summed E-state index contributed by atoms with van der Waals surface area (Å²) in [6.45, 7) is 4.84. The smallest absolute Gasteiger partial charge is 0.268 e. The van der Waals surface area contributed by atoms with Crippen LogP contribution in [0.5, 0.6) is 0 Å². The zero-order valence-electron chi connectivity index (χ0n) is 15.9. The molecule has 0 spiro atoms. The van der Waals surface area contributed by atoms with E-state index in [0.29, 0.717) is 25.4 Å². The molecule has 1 amide bonds. The van der Waals surface area contributed by atoms with Crippen molar-refractivity contribution in [2.24, 2.45) is 5.92 Å². The van der Waals surface area contributed by atoms with E-state index >= 15 is 0 Å². The van der Waals surface area contributed by atoms with Gasteiger partial charge in [0.2, 0.25) is 5.91 Å². The van der Waals surface area contributed by atoms with Gasteiger partial charge in [0.25, 0.3) is 5.56 Å². The summed E-state index contributed by atoms with van der Waals surface area (Å²) in [6.07, 6.45) is 5.21. The van der Waals surface area contributed by atoms with Gasteiger partial charge in [-0.3, -0.25) is 9.59 Å². The third kappa shape index (κ3) is 5.42. The van der Waals surface area contributed by atoms with Gasteiger partial charge < -0.3 is 10.2 Å². The fraction of sp³-hybridized carbons (Fsp3) is 0.476. The highest BCUT2D eigenvalue weighted by molar-refractivity contribution is 5.76. The first-order chi connectivity index (χ1) is 13.2. The second-order valence-electron chi connectivity index (χ2n) is 7.11. The summed E-state index contributed by atoms with van der Waals surface area (Å²) in [6, 6.07) is 11.8. The molecule has 1 N–H and O–H groups in total. The summed E-state index contributed by atoms with van der Waals surface area (Å²) in [5, 5.41) is 7.24. The number of aromatic nitrogens is 2. The molecule has 2 aromatic rings. The Hall–Kier alpha value is -2.63. The molecule has 1 unspecified atom stereocenters. The lowest BCUT2D eigenvalue weighted by atomic mass is 9.94. The summed E-state index contributed by atoms with van der Waals surface area (Å²) in [5.41, 5.74) is 2.02. The zero-order valence-corrected chi connectivity index (χ0v) is 15.9. The van der Waals surface area contributed by atoms with Crippen LogP contribution in [0.2, 0.25) is 0 Å². The topological polar surface area (TPSA) is 67.2 Å². The van der Waals surface area contributed by atoms with Crippen LogP contribution < -0.4 is 15.8 Å². The molecule has 6 nitrogen and oxygen atoms in total. The van der Waals surface area contributed by atoms with Crippen LogP contribution in [0, 0.1) is 5.92 Å². The quantitative estimate of drug-likeness (QED) is 0.814. The highest BCUT2D eigenvalue weighted by Crippen LogP contribution is 2.23. The third-order valence-electron chi connectivity index (χ3n) is 5.09. The van der Waals surface area contributed by atoms with E-state index in [1.165, 1.54) is 10.2 Å². The number of carbonyl (C=O) groups is 1. The van der Waals surface area contributed by atoms with Crippen molar-refractivity contribution in [1.82, 2.24) is 15.1 Å². The second kappa shape index (κ2) is 9.35. The number of hydrogen-bond donors (Lipinski definition) is 1. The van der Waals surface area contributed by atoms with Crippen LogP contribution >= 0.6 is 0 Å². The fourth-order valence-corrected chi connectivity index (χ4v) is 3.63. The van der Waals surface area contributed by atoms with E-state index in [0.717, 1.165) is 38.0 Å². The van der Waals surface area contributed by atoms with Gasteiger partial charge >= 0.3 is 0 Å². The van der Waals surface area contributed by atoms with Gasteiger partial charge in [-0.25, -0.2) is 4.68 Å². The van der Waals surface area contributed by atoms with Crippen LogP contribution in [0.25, 0.3) is 0 Å². The van der Waals surface area contributed by atoms with Gasteiger partial charge in [-0.1, -0.05) is 30.3 Å². The van der Waals surface area contributed by atoms with Crippen LogP contribution in [0.3, 0.4) is 0 Å². The molecule has 0 aliphatic carbocycles. The molecule has 6 heteroatoms. The minimum atomic E-state index is -0.0734. The molecule has 1 aromatic heterocycles. The average molecular weight is 368 g/mol. The minimum absolute atomic E-state index is 0.0734. The van der Waals surface area contributed by atoms with Gasteiger partial charge in [0.1, 0.15) is 0 Å². The summed E-state index contributed by atoms with van der Waals surface area (Å²) in [5.74, 6) is 0.418. The Bertz CT molecular complexity index is 803. The van der Waals surface area contributed by atoms with Gasteiger partial charge in [0, 0.05) is 38.7 Å². The third-order valence-corrected chi connectivity index (χ3v) is 5.09. The maximum Gasteiger partial charge on any atom is 0.268 e. The van der Waals surface area contributed by atoms with Gasteiger partial charge in [-0.2, -0.15) is 5.10 Å². The van der Waals surface area contributed by atoms with Crippen molar-refractivity contribution in [3.63, 3.8) is 0 Å². The number of piperidine rings is 1. The zero-order chi connectivity index (χ0) is 19.1. The van der Waals surface area contributed by atoms with E-state index in [4.69, 9.17) is 0 Å². The second-order valence-corrected chi connectivity index (χ2v) is 7.11. The molecule has 2 heterocycles. The van der Waals surface area contributed by atoms with Crippen LogP contribution in [0.1, 0.15) is 31.7 Å². The fourth-order valence-electron chi connectivity index (χ4n) is 3.63. The minimum Gasteiger partial charge on any atom is -0.370 e. The highest BCUT2D eigenvalue weighted by atomic mass is 16.1. The molecule has 3 rings (SSSR count). The number of nitrogens with zero attached hydrogens (tertiary/aromatic N) is 3. The molecule has 0 saturated carbocycles. The Kier molecular flexibility index (Phi) is 6.63. The number of rotatable bonds is 7. The van der Waals surface area contributed by atoms with Crippen LogP contribution in [0.4, 0.5) is 5.69 Å². The Morgan fingerprint density at radius 2 is 2.11 bits per heavy atom. The molecule has 27 heavy (non-hydrogen) atoms. The van der Waals surface area contributed by atoms with Crippen LogP contribution in [0.15, 0.2) is 47.4 Å². The van der Waals surface area contributed by atoms with Gasteiger partial charge in [0.15, 0.2) is 0 Å². The van der Waals surface area contributed by atoms with E-state index in [2.05, 4.69) is 27.4 Å². The summed E-state index contributed by atoms with van der Waals surface area (Å²) >= 11 is 0. The number of anilines is 1. The van der Waals surface area contributed by atoms with Crippen LogP contribution in [-0.4, -0.2) is 35.3 Å². The maximum atomic E-state index is 12.3. The molecule has 1 aliphatic rings. The van der Waals surface area contributed by atoms with Gasteiger partial charge in [-0.05, 0) is 37.7 Å². The molecular weight excluding hydrogens is 340 g/mol. The molecule has 1 aromatic carbocycles. The van der Waals surface area contributed by atoms with E-state index < -0.39 is 0 Å². The summed E-state index contributed by atoms with van der Waals surface area (Å²) in [4.78, 5) is 26.5. The van der Waals surface area contributed by atoms with Crippen molar-refractivity contribution in [3.05, 3.63) is 58.5 Å². The molecular formula is C21H28N4O2. The van der Waals surface area contributed by atoms with Crippen molar-refractivity contribution < 1.29 is 4.79 Å². The molecule has 1 atom stereocenters. The van der Waals surface area contributed by atoms with E-state index in [9.17, 15) is 9.59 Å². The van der Waals surface area contributed by atoms with E-state index in [1.54, 1.807) is 12.3 Å². The maximum absolute atomic E-state index is 12.3.